The molecule has 0 radical (unpaired) electrons. The smallest absolute Gasteiger partial charge is 0.231 e. The normalized spacial score (nSPS) is 21.2. The van der Waals surface area contributed by atoms with Gasteiger partial charge in [0.1, 0.15) is 0 Å². The van der Waals surface area contributed by atoms with E-state index in [-0.39, 0.29) is 25.2 Å². The van der Waals surface area contributed by atoms with E-state index >= 15 is 0 Å². The minimum Gasteiger partial charge on any atom is -0.454 e. The maximum absolute atomic E-state index is 12.3. The summed E-state index contributed by atoms with van der Waals surface area (Å²) in [5.41, 5.74) is 0.915. The quantitative estimate of drug-likeness (QED) is 0.872. The van der Waals surface area contributed by atoms with Gasteiger partial charge in [-0.25, -0.2) is 12.7 Å². The molecule has 1 saturated heterocycles. The fourth-order valence-electron chi connectivity index (χ4n) is 2.84. The van der Waals surface area contributed by atoms with E-state index < -0.39 is 10.0 Å². The Morgan fingerprint density at radius 3 is 2.91 bits per heavy atom. The summed E-state index contributed by atoms with van der Waals surface area (Å²) < 4.78 is 35.1. The molecular formula is C15H20N2O5S. The van der Waals surface area contributed by atoms with Gasteiger partial charge < -0.3 is 14.8 Å². The fourth-order valence-corrected chi connectivity index (χ4v) is 3.75. The highest BCUT2D eigenvalue weighted by Gasteiger charge is 2.30. The first kappa shape index (κ1) is 16.1. The van der Waals surface area contributed by atoms with Crippen molar-refractivity contribution in [3.05, 3.63) is 23.8 Å². The molecule has 1 aromatic rings. The standard InChI is InChI=1S/C15H20N2O5S/c1-23(19,20)17-6-2-3-12(9-17)15(18)16-8-11-4-5-13-14(7-11)22-10-21-13/h4-5,7,12H,2-3,6,8-10H2,1H3,(H,16,18)/t12-/m1/s1. The van der Waals surface area contributed by atoms with E-state index in [4.69, 9.17) is 9.47 Å². The number of hydrogen-bond acceptors (Lipinski definition) is 5. The minimum absolute atomic E-state index is 0.115. The van der Waals surface area contributed by atoms with Crippen LogP contribution in [0.15, 0.2) is 18.2 Å². The van der Waals surface area contributed by atoms with Crippen LogP contribution in [0.1, 0.15) is 18.4 Å². The van der Waals surface area contributed by atoms with E-state index in [1.54, 1.807) is 0 Å². The number of nitrogens with zero attached hydrogens (tertiary/aromatic N) is 1. The lowest BCUT2D eigenvalue weighted by Crippen LogP contribution is -2.44. The first-order valence-electron chi connectivity index (χ1n) is 7.55. The Morgan fingerprint density at radius 1 is 1.35 bits per heavy atom. The Hall–Kier alpha value is -1.80. The van der Waals surface area contributed by atoms with Crippen LogP contribution in [0.4, 0.5) is 0 Å². The van der Waals surface area contributed by atoms with E-state index in [1.807, 2.05) is 18.2 Å². The zero-order valence-corrected chi connectivity index (χ0v) is 13.8. The summed E-state index contributed by atoms with van der Waals surface area (Å²) in [6.45, 7) is 1.34. The summed E-state index contributed by atoms with van der Waals surface area (Å²) in [5.74, 6) is 0.970. The summed E-state index contributed by atoms with van der Waals surface area (Å²) in [5, 5.41) is 2.88. The van der Waals surface area contributed by atoms with Crippen molar-refractivity contribution in [2.24, 2.45) is 5.92 Å². The minimum atomic E-state index is -3.24. The molecule has 0 unspecified atom stereocenters. The number of carbonyl (C=O) groups excluding carboxylic acids is 1. The summed E-state index contributed by atoms with van der Waals surface area (Å²) >= 11 is 0. The van der Waals surface area contributed by atoms with Gasteiger partial charge >= 0.3 is 0 Å². The maximum Gasteiger partial charge on any atom is 0.231 e. The Morgan fingerprint density at radius 2 is 2.13 bits per heavy atom. The molecule has 7 nitrogen and oxygen atoms in total. The largest absolute Gasteiger partial charge is 0.454 e. The van der Waals surface area contributed by atoms with Crippen molar-refractivity contribution in [1.82, 2.24) is 9.62 Å². The molecule has 0 spiro atoms. The SMILES string of the molecule is CS(=O)(=O)N1CCC[C@@H](C(=O)NCc2ccc3c(c2)OCO3)C1. The number of nitrogens with one attached hydrogen (secondary N) is 1. The Balaban J connectivity index is 1.57. The summed E-state index contributed by atoms with van der Waals surface area (Å²) in [6.07, 6.45) is 2.59. The molecule has 1 fully saturated rings. The van der Waals surface area contributed by atoms with Crippen molar-refractivity contribution in [3.63, 3.8) is 0 Å². The second kappa shape index (κ2) is 6.37. The molecule has 1 N–H and O–H groups in total. The number of benzene rings is 1. The number of amides is 1. The molecule has 1 amide bonds. The summed E-state index contributed by atoms with van der Waals surface area (Å²) in [6, 6.07) is 5.53. The van der Waals surface area contributed by atoms with Gasteiger partial charge in [0.05, 0.1) is 12.2 Å². The Kier molecular flexibility index (Phi) is 4.45. The number of hydrogen-bond donors (Lipinski definition) is 1. The average molecular weight is 340 g/mol. The van der Waals surface area contributed by atoms with Crippen LogP contribution in [0.25, 0.3) is 0 Å². The third kappa shape index (κ3) is 3.76. The Labute approximate surface area is 135 Å². The highest BCUT2D eigenvalue weighted by Crippen LogP contribution is 2.32. The zero-order valence-electron chi connectivity index (χ0n) is 12.9. The van der Waals surface area contributed by atoms with Crippen molar-refractivity contribution in [2.45, 2.75) is 19.4 Å². The van der Waals surface area contributed by atoms with Crippen LogP contribution < -0.4 is 14.8 Å². The number of rotatable bonds is 4. The second-order valence-corrected chi connectivity index (χ2v) is 7.85. The molecule has 0 aliphatic carbocycles. The third-order valence-corrected chi connectivity index (χ3v) is 5.40. The maximum atomic E-state index is 12.3. The van der Waals surface area contributed by atoms with Gasteiger partial charge in [-0.05, 0) is 30.5 Å². The fraction of sp³-hybridized carbons (Fsp3) is 0.533. The molecule has 1 atom stereocenters. The number of carbonyl (C=O) groups is 1. The van der Waals surface area contributed by atoms with E-state index in [1.165, 1.54) is 10.6 Å². The van der Waals surface area contributed by atoms with Gasteiger partial charge in [0.2, 0.25) is 22.7 Å². The highest BCUT2D eigenvalue weighted by atomic mass is 32.2. The number of ether oxygens (including phenoxy) is 2. The lowest BCUT2D eigenvalue weighted by atomic mass is 9.98. The van der Waals surface area contributed by atoms with Crippen molar-refractivity contribution in [2.75, 3.05) is 26.1 Å². The first-order valence-corrected chi connectivity index (χ1v) is 9.39. The number of piperidine rings is 1. The number of sulfonamides is 1. The van der Waals surface area contributed by atoms with E-state index in [2.05, 4.69) is 5.32 Å². The van der Waals surface area contributed by atoms with Crippen LogP contribution in [-0.2, 0) is 21.4 Å². The first-order chi connectivity index (χ1) is 10.9. The van der Waals surface area contributed by atoms with Crippen LogP contribution in [0.5, 0.6) is 11.5 Å². The molecule has 2 aliphatic heterocycles. The van der Waals surface area contributed by atoms with Gasteiger partial charge in [-0.2, -0.15) is 0 Å². The summed E-state index contributed by atoms with van der Waals surface area (Å²) in [7, 11) is -3.24. The van der Waals surface area contributed by atoms with Crippen molar-refractivity contribution in [3.8, 4) is 11.5 Å². The van der Waals surface area contributed by atoms with Crippen LogP contribution >= 0.6 is 0 Å². The van der Waals surface area contributed by atoms with Crippen molar-refractivity contribution < 1.29 is 22.7 Å². The van der Waals surface area contributed by atoms with Gasteiger partial charge in [-0.1, -0.05) is 6.07 Å². The van der Waals surface area contributed by atoms with Crippen LogP contribution in [0.2, 0.25) is 0 Å². The third-order valence-electron chi connectivity index (χ3n) is 4.13. The van der Waals surface area contributed by atoms with E-state index in [0.717, 1.165) is 5.56 Å². The monoisotopic (exact) mass is 340 g/mol. The number of fused-ring (bicyclic) bond motifs is 1. The molecule has 0 bridgehead atoms. The van der Waals surface area contributed by atoms with Crippen molar-refractivity contribution in [1.29, 1.82) is 0 Å². The molecular weight excluding hydrogens is 320 g/mol. The molecule has 2 heterocycles. The lowest BCUT2D eigenvalue weighted by molar-refractivity contribution is -0.126. The topological polar surface area (TPSA) is 84.9 Å². The molecule has 23 heavy (non-hydrogen) atoms. The van der Waals surface area contributed by atoms with Crippen LogP contribution in [0, 0.1) is 5.92 Å². The van der Waals surface area contributed by atoms with Gasteiger partial charge in [-0.3, -0.25) is 4.79 Å². The molecule has 2 aliphatic rings. The van der Waals surface area contributed by atoms with Gasteiger partial charge in [-0.15, -0.1) is 0 Å². The second-order valence-electron chi connectivity index (χ2n) is 5.87. The van der Waals surface area contributed by atoms with Gasteiger partial charge in [0.15, 0.2) is 11.5 Å². The highest BCUT2D eigenvalue weighted by molar-refractivity contribution is 7.88. The predicted molar refractivity (Wildman–Crippen MR) is 83.6 cm³/mol. The molecule has 0 aromatic heterocycles. The van der Waals surface area contributed by atoms with Crippen LogP contribution in [-0.4, -0.2) is 44.8 Å². The lowest BCUT2D eigenvalue weighted by Gasteiger charge is -2.30. The van der Waals surface area contributed by atoms with Gasteiger partial charge in [0.25, 0.3) is 0 Å². The molecule has 8 heteroatoms. The van der Waals surface area contributed by atoms with E-state index in [9.17, 15) is 13.2 Å². The predicted octanol–water partition coefficient (Wildman–Crippen LogP) is 0.703. The molecule has 3 rings (SSSR count). The summed E-state index contributed by atoms with van der Waals surface area (Å²) in [4.78, 5) is 12.3. The molecule has 126 valence electrons. The van der Waals surface area contributed by atoms with E-state index in [0.29, 0.717) is 37.4 Å². The Bertz CT molecular complexity index is 704. The molecule has 1 aromatic carbocycles. The van der Waals surface area contributed by atoms with Crippen LogP contribution in [0.3, 0.4) is 0 Å². The average Bonchev–Trinajstić information content (AvgIpc) is 2.99. The van der Waals surface area contributed by atoms with Crippen molar-refractivity contribution >= 4 is 15.9 Å². The van der Waals surface area contributed by atoms with Gasteiger partial charge in [0, 0.05) is 19.6 Å². The zero-order chi connectivity index (χ0) is 16.4. The molecule has 0 saturated carbocycles.